The van der Waals surface area contributed by atoms with E-state index in [1.54, 1.807) is 32.9 Å². The Hall–Kier alpha value is -4.83. The van der Waals surface area contributed by atoms with Crippen molar-refractivity contribution >= 4 is 29.1 Å². The molecule has 1 aromatic heterocycles. The lowest BCUT2D eigenvalue weighted by Gasteiger charge is -2.25. The van der Waals surface area contributed by atoms with E-state index >= 15 is 0 Å². The molecule has 4 aromatic rings. The van der Waals surface area contributed by atoms with Crippen molar-refractivity contribution in [1.82, 2.24) is 4.57 Å². The van der Waals surface area contributed by atoms with Gasteiger partial charge in [-0.25, -0.2) is 9.79 Å². The van der Waals surface area contributed by atoms with Crippen LogP contribution < -0.4 is 19.6 Å². The second-order valence-electron chi connectivity index (χ2n) is 9.71. The molecule has 0 aliphatic carbocycles. The van der Waals surface area contributed by atoms with Crippen LogP contribution in [0.1, 0.15) is 43.5 Å². The fourth-order valence-corrected chi connectivity index (χ4v) is 5.63. The number of rotatable bonds is 8. The van der Waals surface area contributed by atoms with Gasteiger partial charge in [0.1, 0.15) is 6.61 Å². The molecule has 1 atom stereocenters. The SMILES string of the molecule is CC1=C(C(=O)OC(C)C)C(c2ccccc2)n2c(sc(=Cc3ccc(OCc4ccccc4)c([N+](=O)[O-])c3)c2=O)=N1. The Morgan fingerprint density at radius 2 is 1.78 bits per heavy atom. The molecule has 0 fully saturated rings. The van der Waals surface area contributed by atoms with Crippen LogP contribution in [0.25, 0.3) is 6.08 Å². The first-order chi connectivity index (χ1) is 19.7. The van der Waals surface area contributed by atoms with E-state index < -0.39 is 16.9 Å². The highest BCUT2D eigenvalue weighted by Gasteiger charge is 2.33. The Balaban J connectivity index is 1.57. The summed E-state index contributed by atoms with van der Waals surface area (Å²) in [4.78, 5) is 43.3. The standard InChI is InChI=1S/C31H27N3O6S/c1-19(2)40-30(36)27-20(3)32-31-33(28(27)23-12-8-5-9-13-23)29(35)26(41-31)17-22-14-15-25(24(16-22)34(37)38)39-18-21-10-6-4-7-11-21/h4-17,19,28H,18H2,1-3H3. The molecule has 3 aromatic carbocycles. The van der Waals surface area contributed by atoms with Crippen LogP contribution in [0.2, 0.25) is 0 Å². The second kappa shape index (κ2) is 11.7. The van der Waals surface area contributed by atoms with Gasteiger partial charge in [0.25, 0.3) is 5.56 Å². The lowest BCUT2D eigenvalue weighted by molar-refractivity contribution is -0.386. The van der Waals surface area contributed by atoms with Gasteiger partial charge in [-0.2, -0.15) is 0 Å². The van der Waals surface area contributed by atoms with Crippen LogP contribution in [-0.4, -0.2) is 21.6 Å². The summed E-state index contributed by atoms with van der Waals surface area (Å²) in [6, 6.07) is 22.4. The second-order valence-corrected chi connectivity index (χ2v) is 10.7. The fraction of sp³-hybridized carbons (Fsp3) is 0.194. The van der Waals surface area contributed by atoms with Gasteiger partial charge in [0.15, 0.2) is 10.6 Å². The number of aromatic nitrogens is 1. The molecule has 1 unspecified atom stereocenters. The molecule has 5 rings (SSSR count). The summed E-state index contributed by atoms with van der Waals surface area (Å²) in [7, 11) is 0. The quantitative estimate of drug-likeness (QED) is 0.173. The van der Waals surface area contributed by atoms with Crippen molar-refractivity contribution in [2.45, 2.75) is 39.5 Å². The Morgan fingerprint density at radius 3 is 2.44 bits per heavy atom. The fourth-order valence-electron chi connectivity index (χ4n) is 4.59. The lowest BCUT2D eigenvalue weighted by atomic mass is 9.96. The minimum absolute atomic E-state index is 0.130. The zero-order chi connectivity index (χ0) is 29.1. The number of hydrogen-bond donors (Lipinski definition) is 0. The summed E-state index contributed by atoms with van der Waals surface area (Å²) in [5.41, 5.74) is 2.26. The molecule has 10 heteroatoms. The molecule has 9 nitrogen and oxygen atoms in total. The minimum Gasteiger partial charge on any atom is -0.482 e. The van der Waals surface area contributed by atoms with Gasteiger partial charge in [0.2, 0.25) is 0 Å². The minimum atomic E-state index is -0.732. The average Bonchev–Trinajstić information content (AvgIpc) is 3.25. The number of esters is 1. The molecular weight excluding hydrogens is 542 g/mol. The normalized spacial score (nSPS) is 14.9. The van der Waals surface area contributed by atoms with Gasteiger partial charge in [0, 0.05) is 6.07 Å². The summed E-state index contributed by atoms with van der Waals surface area (Å²) >= 11 is 1.15. The Morgan fingerprint density at radius 1 is 1.10 bits per heavy atom. The van der Waals surface area contributed by atoms with Crippen molar-refractivity contribution in [3.8, 4) is 5.75 Å². The Bertz CT molecular complexity index is 1830. The van der Waals surface area contributed by atoms with Crippen molar-refractivity contribution in [2.24, 2.45) is 4.99 Å². The maximum atomic E-state index is 13.8. The van der Waals surface area contributed by atoms with E-state index in [-0.39, 0.29) is 29.7 Å². The maximum absolute atomic E-state index is 13.8. The van der Waals surface area contributed by atoms with Gasteiger partial charge >= 0.3 is 11.7 Å². The summed E-state index contributed by atoms with van der Waals surface area (Å²) in [6.45, 7) is 5.43. The maximum Gasteiger partial charge on any atom is 0.338 e. The van der Waals surface area contributed by atoms with Gasteiger partial charge in [0.05, 0.1) is 32.9 Å². The van der Waals surface area contributed by atoms with E-state index in [0.29, 0.717) is 26.2 Å². The van der Waals surface area contributed by atoms with Gasteiger partial charge in [-0.15, -0.1) is 0 Å². The molecule has 0 saturated heterocycles. The Kier molecular flexibility index (Phi) is 7.93. The van der Waals surface area contributed by atoms with Gasteiger partial charge in [-0.3, -0.25) is 19.5 Å². The van der Waals surface area contributed by atoms with Crippen LogP contribution in [0, 0.1) is 10.1 Å². The van der Waals surface area contributed by atoms with Gasteiger partial charge in [-0.1, -0.05) is 78.1 Å². The number of nitro benzene ring substituents is 1. The number of thiazole rings is 1. The van der Waals surface area contributed by atoms with Crippen LogP contribution in [0.3, 0.4) is 0 Å². The van der Waals surface area contributed by atoms with Crippen molar-refractivity contribution in [3.63, 3.8) is 0 Å². The number of carbonyl (C=O) groups excluding carboxylic acids is 1. The molecular formula is C31H27N3O6S. The third-order valence-electron chi connectivity index (χ3n) is 6.41. The number of ether oxygens (including phenoxy) is 2. The zero-order valence-corrected chi connectivity index (χ0v) is 23.5. The lowest BCUT2D eigenvalue weighted by Crippen LogP contribution is -2.40. The van der Waals surface area contributed by atoms with Crippen molar-refractivity contribution in [2.75, 3.05) is 0 Å². The smallest absolute Gasteiger partial charge is 0.338 e. The summed E-state index contributed by atoms with van der Waals surface area (Å²) in [5.74, 6) is -0.406. The predicted octanol–water partition coefficient (Wildman–Crippen LogP) is 4.67. The molecule has 0 spiro atoms. The summed E-state index contributed by atoms with van der Waals surface area (Å²) < 4.78 is 13.1. The molecule has 0 saturated carbocycles. The molecule has 2 heterocycles. The van der Waals surface area contributed by atoms with Gasteiger partial charge < -0.3 is 9.47 Å². The highest BCUT2D eigenvalue weighted by molar-refractivity contribution is 7.07. The topological polar surface area (TPSA) is 113 Å². The molecule has 0 amide bonds. The molecule has 1 aliphatic rings. The number of benzene rings is 3. The molecule has 0 N–H and O–H groups in total. The number of nitrogens with zero attached hydrogens (tertiary/aromatic N) is 3. The number of allylic oxidation sites excluding steroid dienone is 1. The number of carbonyl (C=O) groups is 1. The molecule has 1 aliphatic heterocycles. The predicted molar refractivity (Wildman–Crippen MR) is 155 cm³/mol. The first-order valence-corrected chi connectivity index (χ1v) is 13.8. The molecule has 41 heavy (non-hydrogen) atoms. The van der Waals surface area contributed by atoms with Crippen LogP contribution >= 0.6 is 11.3 Å². The average molecular weight is 570 g/mol. The van der Waals surface area contributed by atoms with Crippen LogP contribution in [0.15, 0.2) is 99.9 Å². The number of nitro groups is 1. The van der Waals surface area contributed by atoms with Gasteiger partial charge in [-0.05, 0) is 49.6 Å². The summed E-state index contributed by atoms with van der Waals surface area (Å²) in [6.07, 6.45) is 1.24. The first kappa shape index (κ1) is 27.7. The van der Waals surface area contributed by atoms with E-state index in [1.165, 1.54) is 16.7 Å². The molecule has 208 valence electrons. The largest absolute Gasteiger partial charge is 0.482 e. The Labute approximate surface area is 239 Å². The van der Waals surface area contributed by atoms with Crippen LogP contribution in [-0.2, 0) is 16.1 Å². The summed E-state index contributed by atoms with van der Waals surface area (Å²) in [5, 5.41) is 11.9. The third kappa shape index (κ3) is 5.87. The highest BCUT2D eigenvalue weighted by Crippen LogP contribution is 2.31. The molecule has 0 radical (unpaired) electrons. The van der Waals surface area contributed by atoms with Crippen LogP contribution in [0.5, 0.6) is 5.75 Å². The zero-order valence-electron chi connectivity index (χ0n) is 22.6. The van der Waals surface area contributed by atoms with E-state index in [9.17, 15) is 19.7 Å². The number of hydrogen-bond acceptors (Lipinski definition) is 8. The number of fused-ring (bicyclic) bond motifs is 1. The van der Waals surface area contributed by atoms with E-state index in [4.69, 9.17) is 9.47 Å². The van der Waals surface area contributed by atoms with E-state index in [1.807, 2.05) is 60.7 Å². The third-order valence-corrected chi connectivity index (χ3v) is 7.40. The highest BCUT2D eigenvalue weighted by atomic mass is 32.1. The first-order valence-electron chi connectivity index (χ1n) is 13.0. The van der Waals surface area contributed by atoms with Crippen molar-refractivity contribution in [1.29, 1.82) is 0 Å². The van der Waals surface area contributed by atoms with Crippen molar-refractivity contribution in [3.05, 3.63) is 137 Å². The molecule has 0 bridgehead atoms. The van der Waals surface area contributed by atoms with Crippen molar-refractivity contribution < 1.29 is 19.2 Å². The van der Waals surface area contributed by atoms with E-state index in [2.05, 4.69) is 4.99 Å². The van der Waals surface area contributed by atoms with Crippen LogP contribution in [0.4, 0.5) is 5.69 Å². The van der Waals surface area contributed by atoms with E-state index in [0.717, 1.165) is 22.5 Å². The monoisotopic (exact) mass is 569 g/mol.